The number of likely N-dealkylation sites (N-methyl/N-ethyl adjacent to an activating group) is 1. The number of guanidine groups is 1. The number of halogens is 1. The van der Waals surface area contributed by atoms with Crippen molar-refractivity contribution in [3.63, 3.8) is 0 Å². The number of carbonyl (C=O) groups is 1. The predicted octanol–water partition coefficient (Wildman–Crippen LogP) is 1.75. The van der Waals surface area contributed by atoms with Crippen LogP contribution in [0.2, 0.25) is 5.02 Å². The fraction of sp³-hybridized carbons (Fsp3) is 0.500. The number of nitrogens with zero attached hydrogens (tertiary/aromatic N) is 2. The number of hydrogen-bond donors (Lipinski definition) is 2. The maximum absolute atomic E-state index is 11.6. The lowest BCUT2D eigenvalue weighted by Crippen LogP contribution is -2.42. The van der Waals surface area contributed by atoms with E-state index in [0.29, 0.717) is 24.1 Å². The highest BCUT2D eigenvalue weighted by Crippen LogP contribution is 2.16. The summed E-state index contributed by atoms with van der Waals surface area (Å²) in [7, 11) is 3.42. The van der Waals surface area contributed by atoms with Gasteiger partial charge in [-0.2, -0.15) is 0 Å². The van der Waals surface area contributed by atoms with Gasteiger partial charge in [0.05, 0.1) is 6.54 Å². The minimum Gasteiger partial charge on any atom is -0.489 e. The zero-order chi connectivity index (χ0) is 17.2. The molecule has 2 N–H and O–H groups in total. The number of aliphatic imine (C=N–C) groups is 1. The lowest BCUT2D eigenvalue weighted by molar-refractivity contribution is -0.127. The van der Waals surface area contributed by atoms with Crippen molar-refractivity contribution >= 4 is 23.5 Å². The Morgan fingerprint density at radius 1 is 1.30 bits per heavy atom. The van der Waals surface area contributed by atoms with Gasteiger partial charge in [-0.15, -0.1) is 0 Å². The normalized spacial score (nSPS) is 12.5. The predicted molar refractivity (Wildman–Crippen MR) is 94.2 cm³/mol. The van der Waals surface area contributed by atoms with Gasteiger partial charge >= 0.3 is 0 Å². The Balaban J connectivity index is 2.48. The van der Waals surface area contributed by atoms with E-state index in [-0.39, 0.29) is 18.6 Å². The lowest BCUT2D eigenvalue weighted by atomic mass is 10.3. The molecular formula is C16H25ClN4O2. The van der Waals surface area contributed by atoms with E-state index >= 15 is 0 Å². The third-order valence-corrected chi connectivity index (χ3v) is 3.18. The first-order valence-electron chi connectivity index (χ1n) is 7.57. The molecule has 0 fully saturated rings. The summed E-state index contributed by atoms with van der Waals surface area (Å²) in [6.45, 7) is 5.31. The number of carbonyl (C=O) groups excluding carboxylic acids is 1. The molecule has 0 aromatic heterocycles. The van der Waals surface area contributed by atoms with E-state index in [0.717, 1.165) is 5.75 Å². The molecule has 0 saturated carbocycles. The molecule has 1 amide bonds. The zero-order valence-electron chi connectivity index (χ0n) is 14.1. The highest BCUT2D eigenvalue weighted by molar-refractivity contribution is 6.30. The average molecular weight is 341 g/mol. The molecule has 0 aliphatic heterocycles. The van der Waals surface area contributed by atoms with Gasteiger partial charge in [-0.05, 0) is 38.1 Å². The summed E-state index contributed by atoms with van der Waals surface area (Å²) in [4.78, 5) is 17.4. The second-order valence-electron chi connectivity index (χ2n) is 5.25. The summed E-state index contributed by atoms with van der Waals surface area (Å²) in [6.07, 6.45) is -0.0652. The van der Waals surface area contributed by atoms with Gasteiger partial charge in [0.25, 0.3) is 0 Å². The van der Waals surface area contributed by atoms with Gasteiger partial charge in [0, 0.05) is 25.7 Å². The molecule has 1 atom stereocenters. The van der Waals surface area contributed by atoms with Crippen LogP contribution in [0.5, 0.6) is 5.75 Å². The Morgan fingerprint density at radius 2 is 1.96 bits per heavy atom. The summed E-state index contributed by atoms with van der Waals surface area (Å²) in [5, 5.41) is 6.94. The van der Waals surface area contributed by atoms with Gasteiger partial charge in [-0.1, -0.05) is 11.6 Å². The van der Waals surface area contributed by atoms with Crippen LogP contribution in [0.25, 0.3) is 0 Å². The van der Waals surface area contributed by atoms with E-state index in [9.17, 15) is 4.79 Å². The first-order valence-corrected chi connectivity index (χ1v) is 7.94. The maximum Gasteiger partial charge on any atom is 0.243 e. The number of rotatable bonds is 7. The largest absolute Gasteiger partial charge is 0.489 e. The summed E-state index contributed by atoms with van der Waals surface area (Å²) in [5.41, 5.74) is 0. The van der Waals surface area contributed by atoms with Gasteiger partial charge in [-0.25, -0.2) is 4.99 Å². The fourth-order valence-electron chi connectivity index (χ4n) is 1.66. The van der Waals surface area contributed by atoms with Crippen molar-refractivity contribution in [2.24, 2.45) is 4.99 Å². The zero-order valence-corrected chi connectivity index (χ0v) is 14.9. The van der Waals surface area contributed by atoms with Gasteiger partial charge < -0.3 is 20.3 Å². The molecule has 7 heteroatoms. The third-order valence-electron chi connectivity index (χ3n) is 2.92. The van der Waals surface area contributed by atoms with Crippen molar-refractivity contribution in [3.8, 4) is 5.75 Å². The smallest absolute Gasteiger partial charge is 0.243 e. The molecule has 1 rings (SSSR count). The first-order chi connectivity index (χ1) is 10.9. The molecule has 6 nitrogen and oxygen atoms in total. The van der Waals surface area contributed by atoms with Crippen LogP contribution in [0, 0.1) is 0 Å². The van der Waals surface area contributed by atoms with Crippen molar-refractivity contribution in [1.29, 1.82) is 0 Å². The molecule has 1 unspecified atom stereocenters. The van der Waals surface area contributed by atoms with Crippen LogP contribution >= 0.6 is 11.6 Å². The number of amides is 1. The van der Waals surface area contributed by atoms with E-state index in [1.807, 2.05) is 26.0 Å². The molecule has 0 radical (unpaired) electrons. The Bertz CT molecular complexity index is 517. The van der Waals surface area contributed by atoms with Crippen molar-refractivity contribution in [2.45, 2.75) is 20.0 Å². The van der Waals surface area contributed by atoms with Crippen molar-refractivity contribution in [1.82, 2.24) is 15.5 Å². The summed E-state index contributed by atoms with van der Waals surface area (Å²) in [6, 6.07) is 7.23. The average Bonchev–Trinajstić information content (AvgIpc) is 2.51. The van der Waals surface area contributed by atoms with Gasteiger partial charge in [0.2, 0.25) is 5.91 Å². The second-order valence-corrected chi connectivity index (χ2v) is 5.68. The SMILES string of the molecule is CCNC(=NCC(=O)N(C)C)NCC(C)Oc1ccc(Cl)cc1. The van der Waals surface area contributed by atoms with Crippen LogP contribution in [-0.2, 0) is 4.79 Å². The highest BCUT2D eigenvalue weighted by atomic mass is 35.5. The van der Waals surface area contributed by atoms with Crippen LogP contribution in [0.15, 0.2) is 29.3 Å². The summed E-state index contributed by atoms with van der Waals surface area (Å²) < 4.78 is 5.78. The Hall–Kier alpha value is -1.95. The van der Waals surface area contributed by atoms with Gasteiger partial charge in [-0.3, -0.25) is 4.79 Å². The number of ether oxygens (including phenoxy) is 1. The molecule has 0 aliphatic rings. The maximum atomic E-state index is 11.6. The van der Waals surface area contributed by atoms with Crippen molar-refractivity contribution < 1.29 is 9.53 Å². The van der Waals surface area contributed by atoms with Crippen LogP contribution in [0.4, 0.5) is 0 Å². The van der Waals surface area contributed by atoms with E-state index in [1.165, 1.54) is 4.90 Å². The van der Waals surface area contributed by atoms with Crippen LogP contribution < -0.4 is 15.4 Å². The van der Waals surface area contributed by atoms with Crippen LogP contribution in [-0.4, -0.2) is 56.6 Å². The Morgan fingerprint density at radius 3 is 2.52 bits per heavy atom. The van der Waals surface area contributed by atoms with Crippen LogP contribution in [0.1, 0.15) is 13.8 Å². The molecule has 0 spiro atoms. The Kier molecular flexibility index (Phi) is 8.26. The number of nitrogens with one attached hydrogen (secondary N) is 2. The van der Waals surface area contributed by atoms with Crippen LogP contribution in [0.3, 0.4) is 0 Å². The van der Waals surface area contributed by atoms with Gasteiger partial charge in [0.1, 0.15) is 18.4 Å². The molecule has 23 heavy (non-hydrogen) atoms. The molecule has 1 aromatic carbocycles. The molecular weight excluding hydrogens is 316 g/mol. The van der Waals surface area contributed by atoms with E-state index in [1.54, 1.807) is 26.2 Å². The molecule has 128 valence electrons. The molecule has 1 aromatic rings. The monoisotopic (exact) mass is 340 g/mol. The minimum atomic E-state index is -0.0652. The minimum absolute atomic E-state index is 0.0485. The van der Waals surface area contributed by atoms with E-state index in [4.69, 9.17) is 16.3 Å². The molecule has 0 heterocycles. The Labute approximate surface area is 142 Å². The molecule has 0 aliphatic carbocycles. The fourth-order valence-corrected chi connectivity index (χ4v) is 1.78. The first kappa shape index (κ1) is 19.1. The van der Waals surface area contributed by atoms with Gasteiger partial charge in [0.15, 0.2) is 5.96 Å². The van der Waals surface area contributed by atoms with Crippen molar-refractivity contribution in [3.05, 3.63) is 29.3 Å². The van der Waals surface area contributed by atoms with Crippen molar-refractivity contribution in [2.75, 3.05) is 33.7 Å². The molecule has 0 bridgehead atoms. The second kappa shape index (κ2) is 9.94. The quantitative estimate of drug-likeness (QED) is 0.586. The lowest BCUT2D eigenvalue weighted by Gasteiger charge is -2.18. The topological polar surface area (TPSA) is 66.0 Å². The summed E-state index contributed by atoms with van der Waals surface area (Å²) >= 11 is 5.85. The third kappa shape index (κ3) is 7.74. The molecule has 0 saturated heterocycles. The highest BCUT2D eigenvalue weighted by Gasteiger charge is 2.07. The van der Waals surface area contributed by atoms with E-state index in [2.05, 4.69) is 15.6 Å². The number of hydrogen-bond acceptors (Lipinski definition) is 3. The standard InChI is InChI=1S/C16H25ClN4O2/c1-5-18-16(20-11-15(22)21(3)4)19-10-12(2)23-14-8-6-13(17)7-9-14/h6-9,12H,5,10-11H2,1-4H3,(H2,18,19,20). The number of benzene rings is 1. The van der Waals surface area contributed by atoms with E-state index < -0.39 is 0 Å². The summed E-state index contributed by atoms with van der Waals surface area (Å²) in [5.74, 6) is 1.30.